The predicted octanol–water partition coefficient (Wildman–Crippen LogP) is 0.472. The highest BCUT2D eigenvalue weighted by atomic mass is 14.9. The summed E-state index contributed by atoms with van der Waals surface area (Å²) < 4.78 is 0. The highest BCUT2D eigenvalue weighted by Crippen LogP contribution is 1.84. The van der Waals surface area contributed by atoms with Gasteiger partial charge in [-0.3, -0.25) is 0 Å². The van der Waals surface area contributed by atoms with Crippen LogP contribution in [0.3, 0.4) is 0 Å². The van der Waals surface area contributed by atoms with Gasteiger partial charge < -0.3 is 5.32 Å². The summed E-state index contributed by atoms with van der Waals surface area (Å²) in [5.74, 6) is 0.672. The van der Waals surface area contributed by atoms with Gasteiger partial charge in [-0.15, -0.1) is 0 Å². The van der Waals surface area contributed by atoms with E-state index in [4.69, 9.17) is 5.73 Å². The molecule has 0 aromatic rings. The van der Waals surface area contributed by atoms with Crippen molar-refractivity contribution in [3.8, 4) is 0 Å². The van der Waals surface area contributed by atoms with E-state index in [1.807, 2.05) is 0 Å². The Balaban J connectivity index is 2.68. The van der Waals surface area contributed by atoms with Crippen molar-refractivity contribution in [3.63, 3.8) is 0 Å². The van der Waals surface area contributed by atoms with Gasteiger partial charge in [-0.25, -0.2) is 5.73 Å². The van der Waals surface area contributed by atoms with E-state index in [-0.39, 0.29) is 0 Å². The summed E-state index contributed by atoms with van der Waals surface area (Å²) in [5, 5.41) is 2.91. The van der Waals surface area contributed by atoms with Crippen LogP contribution in [-0.2, 0) is 0 Å². The third-order valence-electron chi connectivity index (χ3n) is 0.678. The molecule has 0 aliphatic rings. The first-order chi connectivity index (χ1) is 3.27. The molecule has 0 unspecified atom stereocenters. The molecular weight excluding hydrogens is 88.1 g/mol. The molecule has 43 valence electrons. The van der Waals surface area contributed by atoms with Crippen LogP contribution >= 0.6 is 0 Å². The topological polar surface area (TPSA) is 35.8 Å². The fraction of sp³-hybridized carbons (Fsp3) is 1.00. The molecule has 0 aliphatic heterocycles. The van der Waals surface area contributed by atoms with Crippen LogP contribution in [0.4, 0.5) is 0 Å². The first kappa shape index (κ1) is 6.92. The van der Waals surface area contributed by atoms with Crippen molar-refractivity contribution < 1.29 is 0 Å². The van der Waals surface area contributed by atoms with E-state index in [9.17, 15) is 0 Å². The molecular formula is C5H13N2. The van der Waals surface area contributed by atoms with E-state index in [0.29, 0.717) is 12.6 Å². The third kappa shape index (κ3) is 5.92. The van der Waals surface area contributed by atoms with E-state index >= 15 is 0 Å². The Kier molecular flexibility index (Phi) is 4.04. The molecule has 0 aromatic carbocycles. The van der Waals surface area contributed by atoms with Crippen LogP contribution < -0.4 is 11.1 Å². The smallest absolute Gasteiger partial charge is 0.0590 e. The summed E-state index contributed by atoms with van der Waals surface area (Å²) in [7, 11) is 0. The molecule has 2 N–H and O–H groups in total. The average Bonchev–Trinajstić information content (AvgIpc) is 1.61. The van der Waals surface area contributed by atoms with Crippen molar-refractivity contribution in [1.82, 2.24) is 11.1 Å². The molecule has 2 nitrogen and oxygen atoms in total. The van der Waals surface area contributed by atoms with Crippen LogP contribution in [0.1, 0.15) is 13.8 Å². The second-order valence-corrected chi connectivity index (χ2v) is 2.02. The van der Waals surface area contributed by atoms with E-state index in [1.165, 1.54) is 0 Å². The van der Waals surface area contributed by atoms with Gasteiger partial charge in [0.1, 0.15) is 0 Å². The molecule has 1 radical (unpaired) electrons. The largest absolute Gasteiger partial charge is 0.303 e. The van der Waals surface area contributed by atoms with Gasteiger partial charge in [0.25, 0.3) is 0 Å². The number of nitrogens with one attached hydrogen (secondary N) is 2. The zero-order valence-electron chi connectivity index (χ0n) is 4.99. The Labute approximate surface area is 45.1 Å². The zero-order valence-corrected chi connectivity index (χ0v) is 4.99. The molecule has 0 aromatic heterocycles. The molecule has 7 heavy (non-hydrogen) atoms. The fourth-order valence-corrected chi connectivity index (χ4v) is 0.361. The van der Waals surface area contributed by atoms with Crippen LogP contribution in [0.5, 0.6) is 0 Å². The minimum absolute atomic E-state index is 0.345. The maximum absolute atomic E-state index is 6.68. The molecule has 0 bridgehead atoms. The van der Waals surface area contributed by atoms with Crippen molar-refractivity contribution in [1.29, 1.82) is 0 Å². The summed E-state index contributed by atoms with van der Waals surface area (Å²) in [4.78, 5) is 0. The molecule has 2 heteroatoms. The summed E-state index contributed by atoms with van der Waals surface area (Å²) >= 11 is 0. The predicted molar refractivity (Wildman–Crippen MR) is 30.8 cm³/mol. The van der Waals surface area contributed by atoms with Gasteiger partial charge in [-0.2, -0.15) is 0 Å². The lowest BCUT2D eigenvalue weighted by atomic mass is 10.2. The van der Waals surface area contributed by atoms with Crippen molar-refractivity contribution in [2.75, 3.05) is 13.2 Å². The lowest BCUT2D eigenvalue weighted by Crippen LogP contribution is -2.20. The van der Waals surface area contributed by atoms with Gasteiger partial charge >= 0.3 is 0 Å². The molecule has 0 atom stereocenters. The Morgan fingerprint density at radius 2 is 2.14 bits per heavy atom. The number of hydrogen-bond donors (Lipinski definition) is 1. The normalized spacial score (nSPS) is 10.3. The molecule has 0 fully saturated rings. The lowest BCUT2D eigenvalue weighted by molar-refractivity contribution is 0.556. The van der Waals surface area contributed by atoms with E-state index in [0.717, 1.165) is 6.54 Å². The average molecular weight is 101 g/mol. The first-order valence-electron chi connectivity index (χ1n) is 2.62. The molecule has 0 rings (SSSR count). The number of rotatable bonds is 3. The SMILES string of the molecule is CC(C)CNC[NH]. The molecule has 0 amide bonds. The zero-order chi connectivity index (χ0) is 5.70. The van der Waals surface area contributed by atoms with Gasteiger partial charge in [0, 0.05) is 0 Å². The van der Waals surface area contributed by atoms with Crippen molar-refractivity contribution in [3.05, 3.63) is 0 Å². The minimum atomic E-state index is 0.345. The lowest BCUT2D eigenvalue weighted by Gasteiger charge is -2.01. The Morgan fingerprint density at radius 1 is 1.57 bits per heavy atom. The van der Waals surface area contributed by atoms with Crippen LogP contribution in [-0.4, -0.2) is 13.2 Å². The minimum Gasteiger partial charge on any atom is -0.303 e. The van der Waals surface area contributed by atoms with Crippen molar-refractivity contribution in [2.24, 2.45) is 5.92 Å². The fourth-order valence-electron chi connectivity index (χ4n) is 0.361. The summed E-state index contributed by atoms with van der Waals surface area (Å²) in [6, 6.07) is 0. The summed E-state index contributed by atoms with van der Waals surface area (Å²) in [6.07, 6.45) is 0. The Hall–Kier alpha value is -0.0800. The van der Waals surface area contributed by atoms with Crippen molar-refractivity contribution >= 4 is 0 Å². The van der Waals surface area contributed by atoms with Gasteiger partial charge in [0.2, 0.25) is 0 Å². The van der Waals surface area contributed by atoms with E-state index in [1.54, 1.807) is 0 Å². The van der Waals surface area contributed by atoms with Gasteiger partial charge in [-0.05, 0) is 12.5 Å². The summed E-state index contributed by atoms with van der Waals surface area (Å²) in [6.45, 7) is 5.56. The molecule has 0 saturated carbocycles. The Morgan fingerprint density at radius 3 is 2.29 bits per heavy atom. The monoisotopic (exact) mass is 101 g/mol. The van der Waals surface area contributed by atoms with Crippen LogP contribution in [0.25, 0.3) is 0 Å². The Bertz CT molecular complexity index is 35.1. The first-order valence-corrected chi connectivity index (χ1v) is 2.62. The highest BCUT2D eigenvalue weighted by molar-refractivity contribution is 4.45. The molecule has 0 spiro atoms. The quantitative estimate of drug-likeness (QED) is 0.551. The number of hydrogen-bond acceptors (Lipinski definition) is 1. The van der Waals surface area contributed by atoms with E-state index < -0.39 is 0 Å². The maximum atomic E-state index is 6.68. The van der Waals surface area contributed by atoms with Crippen molar-refractivity contribution in [2.45, 2.75) is 13.8 Å². The standard InChI is InChI=1S/C5H13N2/c1-5(2)3-7-4-6/h5-7H,3-4H2,1-2H3. The second kappa shape index (κ2) is 4.09. The molecule has 0 saturated heterocycles. The van der Waals surface area contributed by atoms with Gasteiger partial charge in [-0.1, -0.05) is 13.8 Å². The molecule has 0 heterocycles. The van der Waals surface area contributed by atoms with E-state index in [2.05, 4.69) is 19.2 Å². The van der Waals surface area contributed by atoms with Crippen LogP contribution in [0.15, 0.2) is 0 Å². The van der Waals surface area contributed by atoms with Gasteiger partial charge in [0.15, 0.2) is 0 Å². The summed E-state index contributed by atoms with van der Waals surface area (Å²) in [5.41, 5.74) is 6.68. The van der Waals surface area contributed by atoms with Crippen LogP contribution in [0, 0.1) is 5.92 Å². The second-order valence-electron chi connectivity index (χ2n) is 2.02. The maximum Gasteiger partial charge on any atom is 0.0590 e. The third-order valence-corrected chi connectivity index (χ3v) is 0.678. The molecule has 0 aliphatic carbocycles. The highest BCUT2D eigenvalue weighted by Gasteiger charge is 1.87. The van der Waals surface area contributed by atoms with Gasteiger partial charge in [0.05, 0.1) is 6.67 Å². The van der Waals surface area contributed by atoms with Crippen LogP contribution in [0.2, 0.25) is 0 Å².